The standard InChI is InChI=1S/C15H19N3O2/c1-4-12-10-5-9(2)6-15(12,17-14(19)20-3)7-13-11(10)8-16-18-13/h4-5,8,10H,6-7H2,1-3H3,(H,16,18)(H,17,19)/t10-,15-/m1/s1. The smallest absolute Gasteiger partial charge is 0.407 e. The van der Waals surface area contributed by atoms with Gasteiger partial charge in [-0.05, 0) is 25.8 Å². The van der Waals surface area contributed by atoms with Gasteiger partial charge in [-0.1, -0.05) is 17.7 Å². The number of methoxy groups -OCH3 is 1. The number of ether oxygens (including phenoxy) is 1. The summed E-state index contributed by atoms with van der Waals surface area (Å²) in [4.78, 5) is 11.8. The predicted octanol–water partition coefficient (Wildman–Crippen LogP) is 2.44. The van der Waals surface area contributed by atoms with Crippen molar-refractivity contribution >= 4 is 6.09 Å². The fraction of sp³-hybridized carbons (Fsp3) is 0.467. The number of amides is 1. The second-order valence-corrected chi connectivity index (χ2v) is 5.59. The molecule has 3 rings (SSSR count). The van der Waals surface area contributed by atoms with Crippen molar-refractivity contribution in [2.75, 3.05) is 7.11 Å². The fourth-order valence-electron chi connectivity index (χ4n) is 3.63. The Kier molecular flexibility index (Phi) is 2.92. The molecule has 1 aromatic heterocycles. The molecule has 0 fully saturated rings. The van der Waals surface area contributed by atoms with Crippen LogP contribution in [0.25, 0.3) is 0 Å². The fourth-order valence-corrected chi connectivity index (χ4v) is 3.63. The van der Waals surface area contributed by atoms with Crippen LogP contribution in [-0.2, 0) is 11.2 Å². The first kappa shape index (κ1) is 13.0. The lowest BCUT2D eigenvalue weighted by Gasteiger charge is -2.46. The summed E-state index contributed by atoms with van der Waals surface area (Å²) in [6.07, 6.45) is 7.40. The number of carbonyl (C=O) groups is 1. The molecule has 1 heterocycles. The van der Waals surface area contributed by atoms with Crippen molar-refractivity contribution < 1.29 is 9.53 Å². The van der Waals surface area contributed by atoms with Gasteiger partial charge in [0.25, 0.3) is 0 Å². The summed E-state index contributed by atoms with van der Waals surface area (Å²) < 4.78 is 4.81. The van der Waals surface area contributed by atoms with E-state index < -0.39 is 5.54 Å². The minimum atomic E-state index is -0.398. The summed E-state index contributed by atoms with van der Waals surface area (Å²) in [5.41, 5.74) is 4.41. The summed E-state index contributed by atoms with van der Waals surface area (Å²) in [7, 11) is 1.40. The van der Waals surface area contributed by atoms with E-state index in [4.69, 9.17) is 4.74 Å². The van der Waals surface area contributed by atoms with Crippen LogP contribution in [-0.4, -0.2) is 28.9 Å². The Bertz CT molecular complexity index is 614. The van der Waals surface area contributed by atoms with Gasteiger partial charge in [0.05, 0.1) is 18.8 Å². The molecule has 0 saturated heterocycles. The zero-order valence-corrected chi connectivity index (χ0v) is 12.0. The van der Waals surface area contributed by atoms with Crippen LogP contribution in [0.2, 0.25) is 0 Å². The van der Waals surface area contributed by atoms with Crippen molar-refractivity contribution in [2.45, 2.75) is 38.1 Å². The van der Waals surface area contributed by atoms with Gasteiger partial charge in [-0.15, -0.1) is 0 Å². The number of alkyl carbamates (subject to hydrolysis) is 1. The topological polar surface area (TPSA) is 67.0 Å². The van der Waals surface area contributed by atoms with Crippen LogP contribution in [0.1, 0.15) is 37.4 Å². The van der Waals surface area contributed by atoms with E-state index >= 15 is 0 Å². The van der Waals surface area contributed by atoms with Crippen molar-refractivity contribution in [1.82, 2.24) is 15.5 Å². The number of fused-ring (bicyclic) bond motifs is 4. The molecule has 5 heteroatoms. The van der Waals surface area contributed by atoms with E-state index in [1.54, 1.807) is 0 Å². The first-order valence-electron chi connectivity index (χ1n) is 6.82. The molecule has 0 unspecified atom stereocenters. The molecule has 2 atom stereocenters. The second kappa shape index (κ2) is 4.51. The number of hydrogen-bond acceptors (Lipinski definition) is 3. The zero-order valence-electron chi connectivity index (χ0n) is 12.0. The first-order valence-corrected chi connectivity index (χ1v) is 6.82. The van der Waals surface area contributed by atoms with Gasteiger partial charge in [-0.3, -0.25) is 5.10 Å². The molecule has 2 aliphatic carbocycles. The third-order valence-corrected chi connectivity index (χ3v) is 4.32. The van der Waals surface area contributed by atoms with Crippen molar-refractivity contribution in [3.8, 4) is 0 Å². The molecular formula is C15H19N3O2. The van der Waals surface area contributed by atoms with E-state index in [0.717, 1.165) is 18.5 Å². The van der Waals surface area contributed by atoms with Gasteiger partial charge in [0, 0.05) is 23.6 Å². The average Bonchev–Trinajstić information content (AvgIpc) is 2.85. The summed E-state index contributed by atoms with van der Waals surface area (Å²) in [6, 6.07) is 0. The van der Waals surface area contributed by atoms with Crippen LogP contribution < -0.4 is 5.32 Å². The highest BCUT2D eigenvalue weighted by molar-refractivity contribution is 5.70. The summed E-state index contributed by atoms with van der Waals surface area (Å²) >= 11 is 0. The van der Waals surface area contributed by atoms with Gasteiger partial charge in [-0.25, -0.2) is 4.79 Å². The Labute approximate surface area is 118 Å². The number of aromatic amines is 1. The number of allylic oxidation sites excluding steroid dienone is 2. The van der Waals surface area contributed by atoms with Gasteiger partial charge in [0.2, 0.25) is 0 Å². The maximum atomic E-state index is 11.8. The Balaban J connectivity index is 2.13. The predicted molar refractivity (Wildman–Crippen MR) is 75.4 cm³/mol. The van der Waals surface area contributed by atoms with Crippen LogP contribution in [0.3, 0.4) is 0 Å². The highest BCUT2D eigenvalue weighted by atomic mass is 16.5. The lowest BCUT2D eigenvalue weighted by molar-refractivity contribution is 0.157. The number of nitrogens with one attached hydrogen (secondary N) is 2. The third kappa shape index (κ3) is 1.77. The molecule has 2 N–H and O–H groups in total. The molecule has 1 aromatic rings. The summed E-state index contributed by atoms with van der Waals surface area (Å²) in [5, 5.41) is 10.3. The lowest BCUT2D eigenvalue weighted by atomic mass is 9.64. The maximum Gasteiger partial charge on any atom is 0.407 e. The lowest BCUT2D eigenvalue weighted by Crippen LogP contribution is -2.56. The van der Waals surface area contributed by atoms with E-state index in [2.05, 4.69) is 34.6 Å². The summed E-state index contributed by atoms with van der Waals surface area (Å²) in [6.45, 7) is 4.13. The van der Waals surface area contributed by atoms with Gasteiger partial charge in [0.1, 0.15) is 0 Å². The Morgan fingerprint density at radius 2 is 2.40 bits per heavy atom. The quantitative estimate of drug-likeness (QED) is 0.772. The monoisotopic (exact) mass is 273 g/mol. The first-order chi connectivity index (χ1) is 9.59. The molecule has 0 radical (unpaired) electrons. The number of hydrogen-bond donors (Lipinski definition) is 2. The van der Waals surface area contributed by atoms with Crippen molar-refractivity contribution in [3.63, 3.8) is 0 Å². The number of carbonyl (C=O) groups excluding carboxylic acids is 1. The minimum absolute atomic E-state index is 0.188. The minimum Gasteiger partial charge on any atom is -0.453 e. The number of aromatic nitrogens is 2. The maximum absolute atomic E-state index is 11.8. The van der Waals surface area contributed by atoms with Crippen LogP contribution in [0.15, 0.2) is 29.5 Å². The van der Waals surface area contributed by atoms with Crippen molar-refractivity contribution in [3.05, 3.63) is 40.8 Å². The molecule has 0 saturated carbocycles. The molecule has 5 nitrogen and oxygen atoms in total. The molecule has 20 heavy (non-hydrogen) atoms. The SMILES string of the molecule is CC=C1[C@@H]2C=C(C)C[C@@]1(NC(=O)OC)Cc1[nH]ncc12. The van der Waals surface area contributed by atoms with Crippen LogP contribution >= 0.6 is 0 Å². The van der Waals surface area contributed by atoms with Crippen molar-refractivity contribution in [2.24, 2.45) is 0 Å². The Hall–Kier alpha value is -2.04. The molecule has 106 valence electrons. The highest BCUT2D eigenvalue weighted by Gasteiger charge is 2.47. The van der Waals surface area contributed by atoms with E-state index in [-0.39, 0.29) is 12.0 Å². The molecule has 0 aliphatic heterocycles. The van der Waals surface area contributed by atoms with E-state index in [1.807, 2.05) is 13.1 Å². The molecule has 2 aliphatic rings. The largest absolute Gasteiger partial charge is 0.453 e. The van der Waals surface area contributed by atoms with E-state index in [9.17, 15) is 4.79 Å². The van der Waals surface area contributed by atoms with E-state index in [1.165, 1.54) is 23.8 Å². The Morgan fingerprint density at radius 1 is 1.60 bits per heavy atom. The highest BCUT2D eigenvalue weighted by Crippen LogP contribution is 2.48. The number of H-pyrrole nitrogens is 1. The normalized spacial score (nSPS) is 29.6. The van der Waals surface area contributed by atoms with E-state index in [0.29, 0.717) is 0 Å². The summed E-state index contributed by atoms with van der Waals surface area (Å²) in [5.74, 6) is 0.188. The second-order valence-electron chi connectivity index (χ2n) is 5.59. The van der Waals surface area contributed by atoms with Gasteiger partial charge < -0.3 is 10.1 Å². The molecular weight excluding hydrogens is 254 g/mol. The average molecular weight is 273 g/mol. The van der Waals surface area contributed by atoms with Gasteiger partial charge >= 0.3 is 6.09 Å². The molecule has 0 aromatic carbocycles. The van der Waals surface area contributed by atoms with Crippen LogP contribution in [0, 0.1) is 0 Å². The van der Waals surface area contributed by atoms with Crippen LogP contribution in [0.5, 0.6) is 0 Å². The Morgan fingerprint density at radius 3 is 3.10 bits per heavy atom. The van der Waals surface area contributed by atoms with Gasteiger partial charge in [0.15, 0.2) is 0 Å². The zero-order chi connectivity index (χ0) is 14.3. The number of nitrogens with zero attached hydrogens (tertiary/aromatic N) is 1. The number of rotatable bonds is 1. The molecule has 2 bridgehead atoms. The molecule has 0 spiro atoms. The van der Waals surface area contributed by atoms with Crippen LogP contribution in [0.4, 0.5) is 4.79 Å². The molecule has 1 amide bonds. The van der Waals surface area contributed by atoms with Gasteiger partial charge in [-0.2, -0.15) is 5.10 Å². The third-order valence-electron chi connectivity index (χ3n) is 4.32. The van der Waals surface area contributed by atoms with Crippen molar-refractivity contribution in [1.29, 1.82) is 0 Å².